The monoisotopic (exact) mass is 407 g/mol. The predicted molar refractivity (Wildman–Crippen MR) is 108 cm³/mol. The molecule has 150 valence electrons. The molecule has 4 rings (SSSR count). The molecule has 0 fully saturated rings. The van der Waals surface area contributed by atoms with E-state index in [2.05, 4.69) is 4.74 Å². The Morgan fingerprint density at radius 2 is 1.53 bits per heavy atom. The second-order valence-electron chi connectivity index (χ2n) is 6.63. The highest BCUT2D eigenvalue weighted by molar-refractivity contribution is 5.82. The normalized spacial score (nSPS) is 10.9. The van der Waals surface area contributed by atoms with Gasteiger partial charge in [-0.2, -0.15) is 0 Å². The van der Waals surface area contributed by atoms with E-state index < -0.39 is 34.4 Å². The van der Waals surface area contributed by atoms with E-state index in [0.29, 0.717) is 0 Å². The second-order valence-corrected chi connectivity index (χ2v) is 6.63. The Balaban J connectivity index is 1.80. The molecule has 1 aromatic heterocycles. The topological polar surface area (TPSA) is 68.5 Å². The number of fused-ring (bicyclic) bond motifs is 1. The van der Waals surface area contributed by atoms with Crippen LogP contribution >= 0.6 is 0 Å². The molecule has 0 saturated carbocycles. The SMILES string of the molecule is O=C(O)Oc1cn(Cc2ccc(-c3ccccc3)cc2)c2c(F)ccc(F)c2c1=O. The molecule has 0 spiro atoms. The highest BCUT2D eigenvalue weighted by Crippen LogP contribution is 2.24. The lowest BCUT2D eigenvalue weighted by Gasteiger charge is -2.14. The van der Waals surface area contributed by atoms with Crippen molar-refractivity contribution in [1.29, 1.82) is 0 Å². The molecule has 0 aliphatic rings. The summed E-state index contributed by atoms with van der Waals surface area (Å²) in [6.07, 6.45) is -0.645. The third-order valence-corrected chi connectivity index (χ3v) is 4.70. The smallest absolute Gasteiger partial charge is 0.449 e. The number of ether oxygens (including phenoxy) is 1. The summed E-state index contributed by atoms with van der Waals surface area (Å²) in [6.45, 7) is 0.0716. The van der Waals surface area contributed by atoms with Gasteiger partial charge in [-0.25, -0.2) is 13.6 Å². The first-order valence-electron chi connectivity index (χ1n) is 9.00. The molecule has 1 heterocycles. The van der Waals surface area contributed by atoms with Gasteiger partial charge in [-0.1, -0.05) is 54.6 Å². The van der Waals surface area contributed by atoms with E-state index in [9.17, 15) is 18.4 Å². The number of benzene rings is 3. The van der Waals surface area contributed by atoms with Crippen molar-refractivity contribution in [1.82, 2.24) is 4.57 Å². The average molecular weight is 407 g/mol. The quantitative estimate of drug-likeness (QED) is 0.481. The number of carbonyl (C=O) groups is 1. The fraction of sp³-hybridized carbons (Fsp3) is 0.0435. The van der Waals surface area contributed by atoms with Crippen LogP contribution in [0.15, 0.2) is 77.7 Å². The standard InChI is InChI=1S/C23H15F2NO4/c24-17-10-11-18(25)21-20(17)22(27)19(30-23(28)29)13-26(21)12-14-6-8-16(9-7-14)15-4-2-1-3-5-15/h1-11,13H,12H2,(H,28,29). The second kappa shape index (κ2) is 7.79. The van der Waals surface area contributed by atoms with E-state index in [1.807, 2.05) is 54.6 Å². The van der Waals surface area contributed by atoms with Crippen LogP contribution in [0.3, 0.4) is 0 Å². The maximum atomic E-state index is 14.5. The van der Waals surface area contributed by atoms with E-state index >= 15 is 0 Å². The fourth-order valence-corrected chi connectivity index (χ4v) is 3.35. The van der Waals surface area contributed by atoms with Crippen molar-refractivity contribution in [2.75, 3.05) is 0 Å². The third kappa shape index (κ3) is 3.65. The number of rotatable bonds is 4. The number of pyridine rings is 1. The summed E-state index contributed by atoms with van der Waals surface area (Å²) < 4.78 is 34.6. The van der Waals surface area contributed by atoms with Gasteiger partial charge in [0.2, 0.25) is 5.43 Å². The Morgan fingerprint density at radius 3 is 2.20 bits per heavy atom. The van der Waals surface area contributed by atoms with Crippen molar-refractivity contribution < 1.29 is 23.4 Å². The van der Waals surface area contributed by atoms with Crippen molar-refractivity contribution in [3.8, 4) is 16.9 Å². The number of aromatic nitrogens is 1. The molecule has 0 saturated heterocycles. The van der Waals surface area contributed by atoms with Crippen molar-refractivity contribution in [3.05, 3.63) is 100 Å². The molecule has 0 aliphatic carbocycles. The zero-order valence-corrected chi connectivity index (χ0v) is 15.5. The van der Waals surface area contributed by atoms with E-state index in [0.717, 1.165) is 35.0 Å². The van der Waals surface area contributed by atoms with Crippen LogP contribution in [0, 0.1) is 11.6 Å². The molecule has 0 aliphatic heterocycles. The molecular formula is C23H15F2NO4. The van der Waals surface area contributed by atoms with Gasteiger partial charge < -0.3 is 14.4 Å². The first-order chi connectivity index (χ1) is 14.4. The maximum absolute atomic E-state index is 14.5. The largest absolute Gasteiger partial charge is 0.511 e. The molecule has 0 bridgehead atoms. The molecule has 1 N–H and O–H groups in total. The Morgan fingerprint density at radius 1 is 0.900 bits per heavy atom. The average Bonchev–Trinajstić information content (AvgIpc) is 2.74. The van der Waals surface area contributed by atoms with Crippen molar-refractivity contribution in [3.63, 3.8) is 0 Å². The highest BCUT2D eigenvalue weighted by Gasteiger charge is 2.19. The van der Waals surface area contributed by atoms with Crippen LogP contribution in [0.25, 0.3) is 22.0 Å². The van der Waals surface area contributed by atoms with Gasteiger partial charge in [-0.15, -0.1) is 0 Å². The molecular weight excluding hydrogens is 392 g/mol. The molecule has 7 heteroatoms. The van der Waals surface area contributed by atoms with Crippen LogP contribution < -0.4 is 10.2 Å². The number of carboxylic acid groups (broad SMARTS) is 1. The number of hydrogen-bond donors (Lipinski definition) is 1. The van der Waals surface area contributed by atoms with Gasteiger partial charge >= 0.3 is 6.16 Å². The summed E-state index contributed by atoms with van der Waals surface area (Å²) in [4.78, 5) is 23.3. The number of nitrogens with zero attached hydrogens (tertiary/aromatic N) is 1. The van der Waals surface area contributed by atoms with E-state index in [1.54, 1.807) is 0 Å². The Labute approximate surface area is 169 Å². The zero-order chi connectivity index (χ0) is 21.3. The van der Waals surface area contributed by atoms with Gasteiger partial charge in [-0.05, 0) is 28.8 Å². The molecule has 5 nitrogen and oxygen atoms in total. The molecule has 0 amide bonds. The summed E-state index contributed by atoms with van der Waals surface area (Å²) >= 11 is 0. The van der Waals surface area contributed by atoms with Gasteiger partial charge in [0.15, 0.2) is 5.75 Å². The first-order valence-corrected chi connectivity index (χ1v) is 9.00. The number of halogens is 2. The minimum absolute atomic E-state index is 0.0716. The van der Waals surface area contributed by atoms with Crippen molar-refractivity contribution in [2.24, 2.45) is 0 Å². The van der Waals surface area contributed by atoms with Gasteiger partial charge in [0.25, 0.3) is 0 Å². The maximum Gasteiger partial charge on any atom is 0.511 e. The van der Waals surface area contributed by atoms with E-state index in [1.165, 1.54) is 4.57 Å². The molecule has 30 heavy (non-hydrogen) atoms. The summed E-state index contributed by atoms with van der Waals surface area (Å²) in [7, 11) is 0. The van der Waals surface area contributed by atoms with Crippen LogP contribution in [0.2, 0.25) is 0 Å². The highest BCUT2D eigenvalue weighted by atomic mass is 19.1. The van der Waals surface area contributed by atoms with Crippen molar-refractivity contribution >= 4 is 17.1 Å². The molecule has 0 unspecified atom stereocenters. The minimum atomic E-state index is -1.72. The summed E-state index contributed by atoms with van der Waals surface area (Å²) in [6, 6.07) is 18.9. The fourth-order valence-electron chi connectivity index (χ4n) is 3.35. The lowest BCUT2D eigenvalue weighted by Crippen LogP contribution is -2.18. The van der Waals surface area contributed by atoms with Crippen LogP contribution in [0.1, 0.15) is 5.56 Å². The lowest BCUT2D eigenvalue weighted by molar-refractivity contribution is 0.144. The van der Waals surface area contributed by atoms with Gasteiger partial charge in [0.1, 0.15) is 11.6 Å². The van der Waals surface area contributed by atoms with Crippen molar-refractivity contribution in [2.45, 2.75) is 6.54 Å². The zero-order valence-electron chi connectivity index (χ0n) is 15.5. The predicted octanol–water partition coefficient (Wildman–Crippen LogP) is 5.05. The summed E-state index contributed by atoms with van der Waals surface area (Å²) in [5.74, 6) is -2.35. The number of hydrogen-bond acceptors (Lipinski definition) is 3. The van der Waals surface area contributed by atoms with Crippen LogP contribution in [0.4, 0.5) is 13.6 Å². The Hall–Kier alpha value is -4.00. The van der Waals surface area contributed by atoms with Crippen LogP contribution in [0.5, 0.6) is 5.75 Å². The Kier molecular flexibility index (Phi) is 5.02. The summed E-state index contributed by atoms with van der Waals surface area (Å²) in [5, 5.41) is 8.31. The van der Waals surface area contributed by atoms with Gasteiger partial charge in [0.05, 0.1) is 17.1 Å². The van der Waals surface area contributed by atoms with Gasteiger partial charge in [-0.3, -0.25) is 4.79 Å². The van der Waals surface area contributed by atoms with E-state index in [-0.39, 0.29) is 12.1 Å². The molecule has 4 aromatic rings. The van der Waals surface area contributed by atoms with Crippen LogP contribution in [-0.4, -0.2) is 15.8 Å². The Bertz CT molecular complexity index is 1300. The third-order valence-electron chi connectivity index (χ3n) is 4.70. The molecule has 0 radical (unpaired) electrons. The minimum Gasteiger partial charge on any atom is -0.449 e. The summed E-state index contributed by atoms with van der Waals surface area (Å²) in [5.41, 5.74) is 1.47. The lowest BCUT2D eigenvalue weighted by atomic mass is 10.0. The first kappa shape index (κ1) is 19.3. The molecule has 0 atom stereocenters. The van der Waals surface area contributed by atoms with E-state index in [4.69, 9.17) is 5.11 Å². The molecule has 3 aromatic carbocycles. The van der Waals surface area contributed by atoms with Gasteiger partial charge in [0, 0.05) is 6.54 Å². The van der Waals surface area contributed by atoms with Crippen LogP contribution in [-0.2, 0) is 6.54 Å².